The molecule has 2 aromatic rings. The molecule has 0 bridgehead atoms. The third-order valence-corrected chi connectivity index (χ3v) is 3.24. The molecule has 2 N–H and O–H groups in total. The molecule has 1 aromatic heterocycles. The zero-order chi connectivity index (χ0) is 13.8. The summed E-state index contributed by atoms with van der Waals surface area (Å²) in [6.45, 7) is 2.04. The van der Waals surface area contributed by atoms with Gasteiger partial charge in [-0.3, -0.25) is 4.68 Å². The predicted octanol–water partition coefficient (Wildman–Crippen LogP) is 2.93. The van der Waals surface area contributed by atoms with Crippen molar-refractivity contribution in [2.75, 3.05) is 0 Å². The molecule has 0 saturated heterocycles. The molecule has 1 aromatic carbocycles. The lowest BCUT2D eigenvalue weighted by atomic mass is 10.0. The highest BCUT2D eigenvalue weighted by molar-refractivity contribution is 6.30. The van der Waals surface area contributed by atoms with Crippen LogP contribution >= 0.6 is 11.6 Å². The van der Waals surface area contributed by atoms with Crippen LogP contribution in [0.1, 0.15) is 25.0 Å². The third kappa shape index (κ3) is 3.49. The van der Waals surface area contributed by atoms with E-state index in [0.717, 1.165) is 17.7 Å². The summed E-state index contributed by atoms with van der Waals surface area (Å²) in [6, 6.07) is 7.20. The normalized spacial score (nSPS) is 14.1. The first-order valence-electron chi connectivity index (χ1n) is 6.26. The van der Waals surface area contributed by atoms with Crippen LogP contribution < -0.4 is 10.5 Å². The van der Waals surface area contributed by atoms with Gasteiger partial charge in [-0.05, 0) is 30.7 Å². The summed E-state index contributed by atoms with van der Waals surface area (Å²) in [5.41, 5.74) is 7.13. The highest BCUT2D eigenvalue weighted by Gasteiger charge is 2.22. The van der Waals surface area contributed by atoms with E-state index in [0.29, 0.717) is 5.02 Å². The number of aromatic nitrogens is 2. The number of rotatable bonds is 5. The van der Waals surface area contributed by atoms with Crippen molar-refractivity contribution < 1.29 is 4.74 Å². The van der Waals surface area contributed by atoms with E-state index in [4.69, 9.17) is 22.1 Å². The zero-order valence-corrected chi connectivity index (χ0v) is 11.8. The topological polar surface area (TPSA) is 53.1 Å². The first-order chi connectivity index (χ1) is 9.10. The van der Waals surface area contributed by atoms with Gasteiger partial charge in [-0.15, -0.1) is 0 Å². The Hall–Kier alpha value is -1.52. The Labute approximate surface area is 118 Å². The van der Waals surface area contributed by atoms with Crippen LogP contribution in [0.3, 0.4) is 0 Å². The molecular weight excluding hydrogens is 262 g/mol. The van der Waals surface area contributed by atoms with Crippen molar-refractivity contribution in [3.8, 4) is 5.75 Å². The van der Waals surface area contributed by atoms with Crippen LogP contribution in [-0.2, 0) is 7.05 Å². The molecule has 0 aliphatic carbocycles. The molecule has 0 amide bonds. The second kappa shape index (κ2) is 6.08. The van der Waals surface area contributed by atoms with Gasteiger partial charge in [-0.2, -0.15) is 5.10 Å². The number of halogens is 1. The van der Waals surface area contributed by atoms with E-state index in [1.54, 1.807) is 23.0 Å². The quantitative estimate of drug-likeness (QED) is 0.915. The first kappa shape index (κ1) is 13.9. The fourth-order valence-electron chi connectivity index (χ4n) is 1.86. The van der Waals surface area contributed by atoms with E-state index in [2.05, 4.69) is 5.10 Å². The monoisotopic (exact) mass is 279 g/mol. The van der Waals surface area contributed by atoms with Crippen molar-refractivity contribution in [2.45, 2.75) is 25.5 Å². The summed E-state index contributed by atoms with van der Waals surface area (Å²) < 4.78 is 7.73. The van der Waals surface area contributed by atoms with Crippen LogP contribution in [0.25, 0.3) is 0 Å². The van der Waals surface area contributed by atoms with E-state index >= 15 is 0 Å². The molecule has 0 aliphatic heterocycles. The first-order valence-corrected chi connectivity index (χ1v) is 6.64. The minimum atomic E-state index is -0.208. The van der Waals surface area contributed by atoms with Crippen molar-refractivity contribution in [1.82, 2.24) is 9.78 Å². The van der Waals surface area contributed by atoms with Crippen LogP contribution in [-0.4, -0.2) is 15.8 Å². The van der Waals surface area contributed by atoms with Gasteiger partial charge in [-0.25, -0.2) is 0 Å². The van der Waals surface area contributed by atoms with Crippen LogP contribution in [0.2, 0.25) is 5.02 Å². The number of benzene rings is 1. The molecule has 0 radical (unpaired) electrons. The minimum absolute atomic E-state index is 0.0834. The number of nitrogens with two attached hydrogens (primary N) is 1. The van der Waals surface area contributed by atoms with E-state index in [1.165, 1.54) is 0 Å². The van der Waals surface area contributed by atoms with Crippen LogP contribution in [0.15, 0.2) is 36.7 Å². The largest absolute Gasteiger partial charge is 0.484 e. The van der Waals surface area contributed by atoms with Gasteiger partial charge < -0.3 is 10.5 Å². The molecule has 2 atom stereocenters. The van der Waals surface area contributed by atoms with Crippen LogP contribution in [0.5, 0.6) is 5.75 Å². The van der Waals surface area contributed by atoms with Gasteiger partial charge in [0.15, 0.2) is 0 Å². The Morgan fingerprint density at radius 2 is 2.05 bits per heavy atom. The van der Waals surface area contributed by atoms with Gasteiger partial charge in [0.2, 0.25) is 0 Å². The maximum atomic E-state index is 6.15. The van der Waals surface area contributed by atoms with Crippen molar-refractivity contribution in [3.63, 3.8) is 0 Å². The predicted molar refractivity (Wildman–Crippen MR) is 76.3 cm³/mol. The average Bonchev–Trinajstić information content (AvgIpc) is 2.83. The Kier molecular flexibility index (Phi) is 4.45. The Bertz CT molecular complexity index is 524. The van der Waals surface area contributed by atoms with Gasteiger partial charge in [0.05, 0.1) is 6.20 Å². The number of aryl methyl sites for hydroxylation is 1. The molecule has 19 heavy (non-hydrogen) atoms. The summed E-state index contributed by atoms with van der Waals surface area (Å²) in [5, 5.41) is 4.86. The van der Waals surface area contributed by atoms with Gasteiger partial charge >= 0.3 is 0 Å². The molecule has 2 rings (SSSR count). The van der Waals surface area contributed by atoms with E-state index in [1.807, 2.05) is 32.3 Å². The van der Waals surface area contributed by atoms with Crippen molar-refractivity contribution >= 4 is 11.6 Å². The lowest BCUT2D eigenvalue weighted by Crippen LogP contribution is -2.31. The maximum absolute atomic E-state index is 6.15. The third-order valence-electron chi connectivity index (χ3n) is 2.99. The lowest BCUT2D eigenvalue weighted by Gasteiger charge is -2.23. The number of ether oxygens (including phenoxy) is 1. The Morgan fingerprint density at radius 3 is 2.58 bits per heavy atom. The van der Waals surface area contributed by atoms with Gasteiger partial charge in [-0.1, -0.05) is 18.5 Å². The Balaban J connectivity index is 2.21. The van der Waals surface area contributed by atoms with Crippen molar-refractivity contribution in [2.24, 2.45) is 12.8 Å². The summed E-state index contributed by atoms with van der Waals surface area (Å²) in [7, 11) is 1.88. The van der Waals surface area contributed by atoms with E-state index < -0.39 is 0 Å². The molecule has 0 fully saturated rings. The number of nitrogens with zero attached hydrogens (tertiary/aromatic N) is 2. The molecule has 102 valence electrons. The molecule has 1 heterocycles. The molecular formula is C14H18ClN3O. The number of hydrogen-bond donors (Lipinski definition) is 1. The van der Waals surface area contributed by atoms with Crippen molar-refractivity contribution in [3.05, 3.63) is 47.2 Å². The van der Waals surface area contributed by atoms with Gasteiger partial charge in [0, 0.05) is 29.9 Å². The van der Waals surface area contributed by atoms with Gasteiger partial charge in [0.1, 0.15) is 11.9 Å². The summed E-state index contributed by atoms with van der Waals surface area (Å²) in [6.07, 6.45) is 4.33. The second-order valence-corrected chi connectivity index (χ2v) is 4.95. The molecule has 0 saturated carbocycles. The average molecular weight is 280 g/mol. The lowest BCUT2D eigenvalue weighted by molar-refractivity contribution is 0.171. The Morgan fingerprint density at radius 1 is 1.37 bits per heavy atom. The second-order valence-electron chi connectivity index (χ2n) is 4.51. The van der Waals surface area contributed by atoms with E-state index in [9.17, 15) is 0 Å². The fraction of sp³-hybridized carbons (Fsp3) is 0.357. The fourth-order valence-corrected chi connectivity index (χ4v) is 1.99. The minimum Gasteiger partial charge on any atom is -0.484 e. The summed E-state index contributed by atoms with van der Waals surface area (Å²) in [4.78, 5) is 0. The smallest absolute Gasteiger partial charge is 0.142 e. The van der Waals surface area contributed by atoms with E-state index in [-0.39, 0.29) is 12.1 Å². The molecule has 0 aliphatic rings. The zero-order valence-electron chi connectivity index (χ0n) is 11.1. The summed E-state index contributed by atoms with van der Waals surface area (Å²) >= 11 is 5.86. The van der Waals surface area contributed by atoms with Crippen LogP contribution in [0.4, 0.5) is 0 Å². The SMILES string of the molecule is CCC(N)C(Oc1ccc(Cl)cc1)c1cnn(C)c1. The molecule has 5 heteroatoms. The molecule has 2 unspecified atom stereocenters. The van der Waals surface area contributed by atoms with Crippen LogP contribution in [0, 0.1) is 0 Å². The highest BCUT2D eigenvalue weighted by atomic mass is 35.5. The standard InChI is InChI=1S/C14H18ClN3O/c1-3-13(16)14(10-8-17-18(2)9-10)19-12-6-4-11(15)5-7-12/h4-9,13-14H,3,16H2,1-2H3. The number of hydrogen-bond acceptors (Lipinski definition) is 3. The molecule has 0 spiro atoms. The molecule has 4 nitrogen and oxygen atoms in total. The van der Waals surface area contributed by atoms with Gasteiger partial charge in [0.25, 0.3) is 0 Å². The highest BCUT2D eigenvalue weighted by Crippen LogP contribution is 2.26. The summed E-state index contributed by atoms with van der Waals surface area (Å²) in [5.74, 6) is 0.752. The maximum Gasteiger partial charge on any atom is 0.142 e. The van der Waals surface area contributed by atoms with Crippen molar-refractivity contribution in [1.29, 1.82) is 0 Å².